The number of amides is 1. The highest BCUT2D eigenvalue weighted by molar-refractivity contribution is 8.00. The molecular formula is C16H17N5O2S. The molecule has 0 saturated carbocycles. The Labute approximate surface area is 144 Å². The number of ether oxygens (including phenoxy) is 1. The predicted octanol–water partition coefficient (Wildman–Crippen LogP) is 1.69. The number of methoxy groups -OCH3 is 1. The van der Waals surface area contributed by atoms with E-state index in [0.717, 1.165) is 17.3 Å². The minimum atomic E-state index is -0.175. The molecule has 3 rings (SSSR count). The van der Waals surface area contributed by atoms with Gasteiger partial charge in [-0.05, 0) is 30.7 Å². The largest absolute Gasteiger partial charge is 0.383 e. The topological polar surface area (TPSA) is 84.0 Å². The highest BCUT2D eigenvalue weighted by Crippen LogP contribution is 2.32. The van der Waals surface area contributed by atoms with Crippen LogP contribution in [0, 0.1) is 11.3 Å². The number of anilines is 1. The quantitative estimate of drug-likeness (QED) is 0.794. The molecule has 1 saturated heterocycles. The lowest BCUT2D eigenvalue weighted by molar-refractivity contribution is -0.116. The average Bonchev–Trinajstić information content (AvgIpc) is 3.21. The Morgan fingerprint density at radius 2 is 2.21 bits per heavy atom. The van der Waals surface area contributed by atoms with Crippen LogP contribution < -0.4 is 4.90 Å². The zero-order valence-corrected chi connectivity index (χ0v) is 14.1. The molecule has 8 heteroatoms. The smallest absolute Gasteiger partial charge is 0.240 e. The Morgan fingerprint density at radius 1 is 1.42 bits per heavy atom. The van der Waals surface area contributed by atoms with Crippen molar-refractivity contribution in [3.63, 3.8) is 0 Å². The molecule has 2 heterocycles. The summed E-state index contributed by atoms with van der Waals surface area (Å²) in [6.45, 7) is 1.89. The molecule has 0 aliphatic carbocycles. The van der Waals surface area contributed by atoms with Crippen LogP contribution in [0.15, 0.2) is 35.7 Å². The second kappa shape index (κ2) is 7.47. The molecule has 1 aromatic heterocycles. The van der Waals surface area contributed by atoms with E-state index in [4.69, 9.17) is 10.00 Å². The second-order valence-electron chi connectivity index (χ2n) is 5.34. The fourth-order valence-electron chi connectivity index (χ4n) is 2.54. The van der Waals surface area contributed by atoms with E-state index < -0.39 is 0 Å². The van der Waals surface area contributed by atoms with E-state index in [1.165, 1.54) is 11.8 Å². The summed E-state index contributed by atoms with van der Waals surface area (Å²) in [6, 6.07) is 9.16. The Kier molecular flexibility index (Phi) is 5.13. The zero-order valence-electron chi connectivity index (χ0n) is 13.3. The Bertz CT molecular complexity index is 753. The number of thioether (sulfide) groups is 1. The molecule has 0 spiro atoms. The van der Waals surface area contributed by atoms with E-state index in [1.54, 1.807) is 30.5 Å². The molecule has 1 amide bonds. The van der Waals surface area contributed by atoms with Crippen LogP contribution in [-0.2, 0) is 16.1 Å². The predicted molar refractivity (Wildman–Crippen MR) is 89.7 cm³/mol. The van der Waals surface area contributed by atoms with Gasteiger partial charge in [0.1, 0.15) is 6.33 Å². The molecule has 0 bridgehead atoms. The molecule has 0 unspecified atom stereocenters. The summed E-state index contributed by atoms with van der Waals surface area (Å²) < 4.78 is 6.97. The standard InChI is InChI=1S/C16H17N5O2S/c1-23-9-8-20-11-18-19-16(20)24-14-6-7-21(15(14)22)13-4-2-12(10-17)3-5-13/h2-5,11,14H,6-9H2,1H3/t14-/m0/s1. The van der Waals surface area contributed by atoms with Gasteiger partial charge in [0.15, 0.2) is 5.16 Å². The molecular weight excluding hydrogens is 326 g/mol. The van der Waals surface area contributed by atoms with Crippen molar-refractivity contribution in [3.8, 4) is 6.07 Å². The van der Waals surface area contributed by atoms with Crippen molar-refractivity contribution in [2.75, 3.05) is 25.2 Å². The number of benzene rings is 1. The summed E-state index contributed by atoms with van der Waals surface area (Å²) in [7, 11) is 1.65. The second-order valence-corrected chi connectivity index (χ2v) is 6.51. The van der Waals surface area contributed by atoms with Crippen molar-refractivity contribution >= 4 is 23.4 Å². The number of hydrogen-bond acceptors (Lipinski definition) is 6. The van der Waals surface area contributed by atoms with Crippen molar-refractivity contribution in [2.45, 2.75) is 23.4 Å². The van der Waals surface area contributed by atoms with Gasteiger partial charge in [-0.15, -0.1) is 10.2 Å². The first kappa shape index (κ1) is 16.5. The number of rotatable bonds is 6. The first-order chi connectivity index (χ1) is 11.7. The number of nitrogens with zero attached hydrogens (tertiary/aromatic N) is 5. The van der Waals surface area contributed by atoms with Gasteiger partial charge < -0.3 is 14.2 Å². The third-order valence-corrected chi connectivity index (χ3v) is 5.08. The molecule has 1 aliphatic heterocycles. The third kappa shape index (κ3) is 3.42. The molecule has 7 nitrogen and oxygen atoms in total. The number of carbonyl (C=O) groups excluding carboxylic acids is 1. The molecule has 0 radical (unpaired) electrons. The van der Waals surface area contributed by atoms with E-state index in [-0.39, 0.29) is 11.2 Å². The molecule has 2 aromatic rings. The first-order valence-corrected chi connectivity index (χ1v) is 8.46. The molecule has 1 aromatic carbocycles. The van der Waals surface area contributed by atoms with Gasteiger partial charge in [-0.3, -0.25) is 4.79 Å². The molecule has 24 heavy (non-hydrogen) atoms. The fraction of sp³-hybridized carbons (Fsp3) is 0.375. The Hall–Kier alpha value is -2.37. The van der Waals surface area contributed by atoms with Crippen LogP contribution in [-0.4, -0.2) is 46.2 Å². The summed E-state index contributed by atoms with van der Waals surface area (Å²) >= 11 is 1.44. The van der Waals surface area contributed by atoms with Gasteiger partial charge in [-0.1, -0.05) is 11.8 Å². The molecule has 1 fully saturated rings. The monoisotopic (exact) mass is 343 g/mol. The van der Waals surface area contributed by atoms with E-state index in [0.29, 0.717) is 25.3 Å². The lowest BCUT2D eigenvalue weighted by Crippen LogP contribution is -2.28. The summed E-state index contributed by atoms with van der Waals surface area (Å²) in [4.78, 5) is 14.4. The van der Waals surface area contributed by atoms with Gasteiger partial charge in [-0.25, -0.2) is 0 Å². The molecule has 1 aliphatic rings. The summed E-state index contributed by atoms with van der Waals surface area (Å²) in [5.74, 6) is 0.0611. The summed E-state index contributed by atoms with van der Waals surface area (Å²) in [5.41, 5.74) is 1.41. The number of aromatic nitrogens is 3. The highest BCUT2D eigenvalue weighted by atomic mass is 32.2. The fourth-order valence-corrected chi connectivity index (χ4v) is 3.62. The van der Waals surface area contributed by atoms with Gasteiger partial charge in [0.25, 0.3) is 0 Å². The van der Waals surface area contributed by atoms with Crippen LogP contribution in [0.1, 0.15) is 12.0 Å². The third-order valence-electron chi connectivity index (χ3n) is 3.83. The number of carbonyl (C=O) groups is 1. The lowest BCUT2D eigenvalue weighted by Gasteiger charge is -2.16. The van der Waals surface area contributed by atoms with Crippen LogP contribution in [0.5, 0.6) is 0 Å². The van der Waals surface area contributed by atoms with Crippen LogP contribution in [0.3, 0.4) is 0 Å². The molecule has 1 atom stereocenters. The van der Waals surface area contributed by atoms with E-state index in [2.05, 4.69) is 16.3 Å². The number of nitriles is 1. The number of hydrogen-bond donors (Lipinski definition) is 0. The van der Waals surface area contributed by atoms with Gasteiger partial charge in [0.05, 0.1) is 23.5 Å². The minimum absolute atomic E-state index is 0.0611. The van der Waals surface area contributed by atoms with Gasteiger partial charge in [0, 0.05) is 25.9 Å². The van der Waals surface area contributed by atoms with Crippen molar-refractivity contribution in [3.05, 3.63) is 36.2 Å². The van der Waals surface area contributed by atoms with Crippen LogP contribution in [0.4, 0.5) is 5.69 Å². The zero-order chi connectivity index (χ0) is 16.9. The Balaban J connectivity index is 1.68. The first-order valence-electron chi connectivity index (χ1n) is 7.58. The summed E-state index contributed by atoms with van der Waals surface area (Å²) in [6.07, 6.45) is 2.40. The van der Waals surface area contributed by atoms with Crippen molar-refractivity contribution in [2.24, 2.45) is 0 Å². The van der Waals surface area contributed by atoms with Crippen LogP contribution in [0.2, 0.25) is 0 Å². The highest BCUT2D eigenvalue weighted by Gasteiger charge is 2.34. The maximum atomic E-state index is 12.7. The average molecular weight is 343 g/mol. The van der Waals surface area contributed by atoms with Gasteiger partial charge >= 0.3 is 0 Å². The van der Waals surface area contributed by atoms with Crippen LogP contribution in [0.25, 0.3) is 0 Å². The maximum absolute atomic E-state index is 12.7. The van der Waals surface area contributed by atoms with Gasteiger partial charge in [-0.2, -0.15) is 5.26 Å². The maximum Gasteiger partial charge on any atom is 0.240 e. The van der Waals surface area contributed by atoms with Gasteiger partial charge in [0.2, 0.25) is 5.91 Å². The van der Waals surface area contributed by atoms with E-state index in [1.807, 2.05) is 16.7 Å². The molecule has 0 N–H and O–H groups in total. The SMILES string of the molecule is COCCn1cnnc1S[C@H]1CCN(c2ccc(C#N)cc2)C1=O. The summed E-state index contributed by atoms with van der Waals surface area (Å²) in [5, 5.41) is 17.4. The lowest BCUT2D eigenvalue weighted by atomic mass is 10.2. The van der Waals surface area contributed by atoms with Crippen molar-refractivity contribution in [1.29, 1.82) is 5.26 Å². The molecule has 124 valence electrons. The van der Waals surface area contributed by atoms with Crippen LogP contribution >= 0.6 is 11.8 Å². The van der Waals surface area contributed by atoms with Crippen molar-refractivity contribution in [1.82, 2.24) is 14.8 Å². The van der Waals surface area contributed by atoms with E-state index >= 15 is 0 Å². The minimum Gasteiger partial charge on any atom is -0.383 e. The van der Waals surface area contributed by atoms with Crippen molar-refractivity contribution < 1.29 is 9.53 Å². The Morgan fingerprint density at radius 3 is 2.92 bits per heavy atom. The normalized spacial score (nSPS) is 17.2. The van der Waals surface area contributed by atoms with E-state index in [9.17, 15) is 4.79 Å².